The molecule has 1 unspecified atom stereocenters. The minimum absolute atomic E-state index is 0.0816. The second-order valence-corrected chi connectivity index (χ2v) is 8.50. The van der Waals surface area contributed by atoms with Crippen molar-refractivity contribution in [3.63, 3.8) is 0 Å². The predicted molar refractivity (Wildman–Crippen MR) is 104 cm³/mol. The number of rotatable bonds is 9. The molecule has 0 saturated heterocycles. The summed E-state index contributed by atoms with van der Waals surface area (Å²) in [6.07, 6.45) is 0.544. The molecule has 0 fully saturated rings. The SMILES string of the molecule is [B]c1cc(N=C(NO)c2nonc2NCCCNS(=N)(=O)C(C)C)ccc1F. The molecule has 1 aromatic heterocycles. The summed E-state index contributed by atoms with van der Waals surface area (Å²) < 4.78 is 40.2. The Bertz CT molecular complexity index is 933. The fraction of sp³-hybridized carbons (Fsp3) is 0.400. The van der Waals surface area contributed by atoms with Crippen LogP contribution in [0.5, 0.6) is 0 Å². The molecule has 0 spiro atoms. The molecule has 1 aromatic carbocycles. The van der Waals surface area contributed by atoms with E-state index in [1.165, 1.54) is 12.1 Å². The molecule has 2 rings (SSSR count). The first-order chi connectivity index (χ1) is 13.2. The van der Waals surface area contributed by atoms with Crippen molar-refractivity contribution in [3.8, 4) is 0 Å². The third-order valence-corrected chi connectivity index (χ3v) is 5.63. The molecule has 0 aliphatic rings. The first kappa shape index (κ1) is 21.8. The number of hydrogen-bond acceptors (Lipinski definition) is 8. The average Bonchev–Trinajstić information content (AvgIpc) is 3.10. The van der Waals surface area contributed by atoms with Crippen molar-refractivity contribution in [1.29, 1.82) is 4.78 Å². The standard InChI is InChI=1S/C15H21BFN7O3S/c1-9(2)28(18,26)20-7-3-6-19-14-13(23-27-24-14)15(22-25)21-10-4-5-12(17)11(16)8-10/h4-5,8-9,25H,3,6-7H2,1-2H3,(H,19,24)(H,21,22)(H2,18,20,26). The molecule has 150 valence electrons. The lowest BCUT2D eigenvalue weighted by molar-refractivity contribution is 0.234. The number of benzene rings is 1. The molecule has 0 aliphatic carbocycles. The molecule has 5 N–H and O–H groups in total. The molecule has 0 aliphatic heterocycles. The number of amidine groups is 1. The van der Waals surface area contributed by atoms with E-state index >= 15 is 0 Å². The van der Waals surface area contributed by atoms with Crippen molar-refractivity contribution in [2.45, 2.75) is 25.5 Å². The van der Waals surface area contributed by atoms with Crippen molar-refractivity contribution in [2.24, 2.45) is 4.99 Å². The van der Waals surface area contributed by atoms with Crippen LogP contribution in [-0.2, 0) is 9.92 Å². The number of hydrogen-bond donors (Lipinski definition) is 5. The summed E-state index contributed by atoms with van der Waals surface area (Å²) in [5, 5.41) is 19.4. The number of anilines is 1. The monoisotopic (exact) mass is 409 g/mol. The summed E-state index contributed by atoms with van der Waals surface area (Å²) in [5.41, 5.74) is 2.20. The Morgan fingerprint density at radius 2 is 2.18 bits per heavy atom. The summed E-state index contributed by atoms with van der Waals surface area (Å²) >= 11 is 0. The zero-order chi connectivity index (χ0) is 20.7. The van der Waals surface area contributed by atoms with Crippen LogP contribution in [0.4, 0.5) is 15.9 Å². The zero-order valence-electron chi connectivity index (χ0n) is 15.4. The van der Waals surface area contributed by atoms with E-state index in [9.17, 15) is 13.8 Å². The quantitative estimate of drug-likeness (QED) is 0.135. The number of halogens is 1. The maximum atomic E-state index is 13.3. The van der Waals surface area contributed by atoms with E-state index in [0.717, 1.165) is 6.07 Å². The number of hydroxylamine groups is 1. The van der Waals surface area contributed by atoms with E-state index in [2.05, 4.69) is 30.0 Å². The minimum Gasteiger partial charge on any atom is -0.365 e. The van der Waals surface area contributed by atoms with E-state index in [-0.39, 0.29) is 33.7 Å². The Morgan fingerprint density at radius 1 is 1.43 bits per heavy atom. The second kappa shape index (κ2) is 9.62. The largest absolute Gasteiger partial charge is 0.365 e. The summed E-state index contributed by atoms with van der Waals surface area (Å²) in [6.45, 7) is 4.20. The van der Waals surface area contributed by atoms with Crippen LogP contribution in [0.2, 0.25) is 0 Å². The Morgan fingerprint density at radius 3 is 2.82 bits per heavy atom. The van der Waals surface area contributed by atoms with Gasteiger partial charge in [-0.25, -0.2) is 27.7 Å². The molecule has 1 heterocycles. The number of nitrogens with one attached hydrogen (secondary N) is 4. The van der Waals surface area contributed by atoms with E-state index in [0.29, 0.717) is 19.5 Å². The molecule has 0 amide bonds. The van der Waals surface area contributed by atoms with Gasteiger partial charge in [0.1, 0.15) is 23.6 Å². The Balaban J connectivity index is 2.01. The molecule has 13 heteroatoms. The van der Waals surface area contributed by atoms with E-state index in [1.54, 1.807) is 13.8 Å². The van der Waals surface area contributed by atoms with Gasteiger partial charge >= 0.3 is 0 Å². The number of aliphatic imine (C=N–C) groups is 1. The van der Waals surface area contributed by atoms with Crippen LogP contribution >= 0.6 is 0 Å². The van der Waals surface area contributed by atoms with Gasteiger partial charge in [0.05, 0.1) is 10.9 Å². The fourth-order valence-corrected chi connectivity index (χ4v) is 2.79. The van der Waals surface area contributed by atoms with Crippen LogP contribution in [0.15, 0.2) is 27.8 Å². The highest BCUT2D eigenvalue weighted by atomic mass is 32.2. The van der Waals surface area contributed by atoms with Crippen molar-refractivity contribution in [3.05, 3.63) is 29.7 Å². The molecule has 28 heavy (non-hydrogen) atoms. The molecule has 2 aromatic rings. The molecule has 10 nitrogen and oxygen atoms in total. The topological polar surface area (TPSA) is 149 Å². The van der Waals surface area contributed by atoms with Gasteiger partial charge in [-0.2, -0.15) is 0 Å². The smallest absolute Gasteiger partial charge is 0.202 e. The van der Waals surface area contributed by atoms with Crippen LogP contribution in [0.3, 0.4) is 0 Å². The maximum Gasteiger partial charge on any atom is 0.202 e. The average molecular weight is 409 g/mol. The van der Waals surface area contributed by atoms with Gasteiger partial charge in [0.25, 0.3) is 0 Å². The summed E-state index contributed by atoms with van der Waals surface area (Å²) in [5.74, 6) is -0.446. The predicted octanol–water partition coefficient (Wildman–Crippen LogP) is 0.821. The lowest BCUT2D eigenvalue weighted by Crippen LogP contribution is -2.31. The fourth-order valence-electron chi connectivity index (χ4n) is 2.01. The van der Waals surface area contributed by atoms with Gasteiger partial charge in [-0.15, -0.1) is 0 Å². The first-order valence-corrected chi connectivity index (χ1v) is 9.99. The molecular formula is C15H21BFN7O3S. The van der Waals surface area contributed by atoms with Crippen LogP contribution in [0.1, 0.15) is 26.0 Å². The number of aromatic nitrogens is 2. The summed E-state index contributed by atoms with van der Waals surface area (Å²) in [4.78, 5) is 4.11. The zero-order valence-corrected chi connectivity index (χ0v) is 16.2. The second-order valence-electron chi connectivity index (χ2n) is 6.06. The maximum absolute atomic E-state index is 13.3. The normalized spacial score (nSPS) is 14.1. The Labute approximate surface area is 163 Å². The van der Waals surface area contributed by atoms with E-state index < -0.39 is 15.7 Å². The molecule has 2 radical (unpaired) electrons. The van der Waals surface area contributed by atoms with Crippen LogP contribution in [0.25, 0.3) is 0 Å². The highest BCUT2D eigenvalue weighted by Gasteiger charge is 2.16. The lowest BCUT2D eigenvalue weighted by Gasteiger charge is -2.12. The minimum atomic E-state index is -2.82. The van der Waals surface area contributed by atoms with Gasteiger partial charge in [0.2, 0.25) is 5.82 Å². The highest BCUT2D eigenvalue weighted by Crippen LogP contribution is 2.15. The summed E-state index contributed by atoms with van der Waals surface area (Å²) in [7, 11) is 2.68. The van der Waals surface area contributed by atoms with Crippen LogP contribution in [0, 0.1) is 10.6 Å². The van der Waals surface area contributed by atoms with Gasteiger partial charge in [-0.1, -0.05) is 5.46 Å². The third kappa shape index (κ3) is 5.74. The van der Waals surface area contributed by atoms with Crippen molar-refractivity contribution < 1.29 is 18.4 Å². The highest BCUT2D eigenvalue weighted by molar-refractivity contribution is 7.91. The van der Waals surface area contributed by atoms with Gasteiger partial charge in [-0.05, 0) is 48.8 Å². The Kier molecular flexibility index (Phi) is 7.49. The number of nitrogens with zero attached hydrogens (tertiary/aromatic N) is 3. The summed E-state index contributed by atoms with van der Waals surface area (Å²) in [6, 6.07) is 3.83. The van der Waals surface area contributed by atoms with Crippen molar-refractivity contribution in [2.75, 3.05) is 18.4 Å². The molecule has 0 bridgehead atoms. The van der Waals surface area contributed by atoms with Gasteiger partial charge in [0.15, 0.2) is 11.5 Å². The third-order valence-electron chi connectivity index (χ3n) is 3.67. The van der Waals surface area contributed by atoms with Crippen molar-refractivity contribution in [1.82, 2.24) is 20.5 Å². The van der Waals surface area contributed by atoms with Crippen LogP contribution in [-0.4, -0.2) is 51.8 Å². The van der Waals surface area contributed by atoms with Crippen LogP contribution < -0.4 is 21.0 Å². The van der Waals surface area contributed by atoms with E-state index in [4.69, 9.17) is 12.6 Å². The Hall–Kier alpha value is -2.51. The van der Waals surface area contributed by atoms with Crippen molar-refractivity contribution >= 4 is 40.6 Å². The van der Waals surface area contributed by atoms with Gasteiger partial charge in [-0.3, -0.25) is 10.7 Å². The molecule has 0 saturated carbocycles. The van der Waals surface area contributed by atoms with E-state index in [1.807, 2.05) is 5.48 Å². The first-order valence-electron chi connectivity index (χ1n) is 8.37. The molecule has 1 atom stereocenters. The lowest BCUT2D eigenvalue weighted by atomic mass is 9.95. The van der Waals surface area contributed by atoms with Gasteiger partial charge in [0, 0.05) is 13.1 Å². The van der Waals surface area contributed by atoms with Gasteiger partial charge < -0.3 is 5.32 Å². The molecular weight excluding hydrogens is 388 g/mol.